The maximum absolute atomic E-state index is 12.6. The van der Waals surface area contributed by atoms with Gasteiger partial charge in [-0.1, -0.05) is 5.10 Å². The fraction of sp³-hybridized carbons (Fsp3) is 0.273. The molecule has 0 spiro atoms. The minimum Gasteiger partial charge on any atom is -0.497 e. The van der Waals surface area contributed by atoms with Gasteiger partial charge in [-0.15, -0.1) is 18.3 Å². The average molecular weight is 492 g/mol. The number of methoxy groups -OCH3 is 2. The van der Waals surface area contributed by atoms with Gasteiger partial charge in [-0.3, -0.25) is 14.9 Å². The van der Waals surface area contributed by atoms with Crippen LogP contribution in [0.25, 0.3) is 0 Å². The molecule has 10 nitrogen and oxygen atoms in total. The largest absolute Gasteiger partial charge is 0.573 e. The Morgan fingerprint density at radius 3 is 2.31 bits per heavy atom. The zero-order valence-electron chi connectivity index (χ0n) is 18.5. The van der Waals surface area contributed by atoms with Gasteiger partial charge in [-0.25, -0.2) is 0 Å². The summed E-state index contributed by atoms with van der Waals surface area (Å²) in [7, 11) is 2.91. The molecule has 1 atom stereocenters. The average Bonchev–Trinajstić information content (AvgIpc) is 3.44. The first kappa shape index (κ1) is 23.9. The van der Waals surface area contributed by atoms with E-state index < -0.39 is 23.9 Å². The number of halogens is 3. The summed E-state index contributed by atoms with van der Waals surface area (Å²) < 4.78 is 56.7. The molecule has 184 valence electrons. The van der Waals surface area contributed by atoms with Crippen LogP contribution in [0.3, 0.4) is 0 Å². The molecule has 1 fully saturated rings. The third-order valence-corrected chi connectivity index (χ3v) is 5.13. The summed E-state index contributed by atoms with van der Waals surface area (Å²) in [4.78, 5) is 26.5. The van der Waals surface area contributed by atoms with E-state index in [0.717, 1.165) is 12.1 Å². The molecule has 0 aliphatic carbocycles. The first-order valence-electron chi connectivity index (χ1n) is 10.2. The van der Waals surface area contributed by atoms with Crippen molar-refractivity contribution in [1.29, 1.82) is 0 Å². The first-order valence-corrected chi connectivity index (χ1v) is 10.2. The topological polar surface area (TPSA) is 116 Å². The van der Waals surface area contributed by atoms with Gasteiger partial charge in [-0.2, -0.15) is 0 Å². The number of carbonyl (C=O) groups excluding carboxylic acids is 2. The Bertz CT molecular complexity index is 1210. The van der Waals surface area contributed by atoms with E-state index in [9.17, 15) is 22.8 Å². The minimum atomic E-state index is -4.81. The van der Waals surface area contributed by atoms with Crippen LogP contribution < -0.4 is 24.4 Å². The molecule has 4 rings (SSSR count). The maximum atomic E-state index is 12.6. The molecule has 0 unspecified atom stereocenters. The molecule has 13 heteroatoms. The van der Waals surface area contributed by atoms with Crippen molar-refractivity contribution in [2.24, 2.45) is 0 Å². The molecule has 0 saturated carbocycles. The number of benzene rings is 2. The van der Waals surface area contributed by atoms with E-state index in [1.54, 1.807) is 6.07 Å². The number of amides is 2. The highest BCUT2D eigenvalue weighted by Gasteiger charge is 2.35. The molecule has 1 N–H and O–H groups in total. The number of nitrogens with zero attached hydrogens (tertiary/aromatic N) is 3. The van der Waals surface area contributed by atoms with Crippen LogP contribution in [0.4, 0.5) is 24.9 Å². The molecular weight excluding hydrogens is 473 g/mol. The molecule has 1 aliphatic heterocycles. The van der Waals surface area contributed by atoms with Crippen LogP contribution in [-0.4, -0.2) is 49.1 Å². The van der Waals surface area contributed by atoms with E-state index in [4.69, 9.17) is 13.9 Å². The number of ether oxygens (including phenoxy) is 3. The van der Waals surface area contributed by atoms with Crippen LogP contribution in [0.5, 0.6) is 17.2 Å². The van der Waals surface area contributed by atoms with E-state index in [-0.39, 0.29) is 36.3 Å². The SMILES string of the molecule is COc1cc(OC)cc(C(=O)Nc2nnc([C@H]3CC(=O)N(c4ccc(OC(F)(F)F)cc4)C3)o2)c1. The molecule has 2 aromatic carbocycles. The monoisotopic (exact) mass is 492 g/mol. The summed E-state index contributed by atoms with van der Waals surface area (Å²) in [5.74, 6) is -0.698. The zero-order chi connectivity index (χ0) is 25.2. The fourth-order valence-corrected chi connectivity index (χ4v) is 3.51. The first-order chi connectivity index (χ1) is 16.6. The van der Waals surface area contributed by atoms with Crippen molar-refractivity contribution in [3.63, 3.8) is 0 Å². The Balaban J connectivity index is 1.42. The molecular formula is C22H19F3N4O6. The summed E-state index contributed by atoms with van der Waals surface area (Å²) in [6.45, 7) is 0.168. The Morgan fingerprint density at radius 1 is 1.06 bits per heavy atom. The van der Waals surface area contributed by atoms with Gasteiger partial charge >= 0.3 is 12.4 Å². The number of anilines is 2. The normalized spacial score (nSPS) is 15.7. The highest BCUT2D eigenvalue weighted by atomic mass is 19.4. The third-order valence-electron chi connectivity index (χ3n) is 5.13. The van der Waals surface area contributed by atoms with E-state index >= 15 is 0 Å². The van der Waals surface area contributed by atoms with Crippen LogP contribution in [0.15, 0.2) is 46.9 Å². The van der Waals surface area contributed by atoms with Gasteiger partial charge in [0.2, 0.25) is 11.8 Å². The van der Waals surface area contributed by atoms with E-state index in [2.05, 4.69) is 20.3 Å². The Hall–Kier alpha value is -4.29. The van der Waals surface area contributed by atoms with Crippen LogP contribution in [0, 0.1) is 0 Å². The van der Waals surface area contributed by atoms with Gasteiger partial charge in [-0.05, 0) is 36.4 Å². The summed E-state index contributed by atoms with van der Waals surface area (Å²) in [6.07, 6.45) is -4.76. The molecule has 0 bridgehead atoms. The van der Waals surface area contributed by atoms with Gasteiger partial charge in [0.15, 0.2) is 0 Å². The highest BCUT2D eigenvalue weighted by molar-refractivity contribution is 6.03. The summed E-state index contributed by atoms with van der Waals surface area (Å²) in [5, 5.41) is 10.2. The second-order valence-corrected chi connectivity index (χ2v) is 7.45. The third kappa shape index (κ3) is 5.62. The quantitative estimate of drug-likeness (QED) is 0.530. The fourth-order valence-electron chi connectivity index (χ4n) is 3.51. The number of nitrogens with one attached hydrogen (secondary N) is 1. The minimum absolute atomic E-state index is 0.0451. The molecule has 2 amide bonds. The zero-order valence-corrected chi connectivity index (χ0v) is 18.5. The number of aromatic nitrogens is 2. The maximum Gasteiger partial charge on any atom is 0.573 e. The standard InChI is InChI=1S/C22H19F3N4O6/c1-32-16-7-12(8-17(10-16)33-2)19(31)26-21-28-27-20(34-21)13-9-18(30)29(11-13)14-3-5-15(6-4-14)35-22(23,24)25/h3-8,10,13H,9,11H2,1-2H3,(H,26,28,31)/t13-/m0/s1. The number of hydrogen-bond acceptors (Lipinski definition) is 8. The van der Waals surface area contributed by atoms with Crippen molar-refractivity contribution in [3.8, 4) is 17.2 Å². The lowest BCUT2D eigenvalue weighted by atomic mass is 10.1. The number of hydrogen-bond donors (Lipinski definition) is 1. The van der Waals surface area contributed by atoms with Crippen LogP contribution in [0.1, 0.15) is 28.6 Å². The molecule has 0 radical (unpaired) electrons. The predicted molar refractivity (Wildman–Crippen MR) is 115 cm³/mol. The Kier molecular flexibility index (Phi) is 6.49. The Labute approximate surface area is 196 Å². The van der Waals surface area contributed by atoms with Gasteiger partial charge in [0.05, 0.1) is 20.1 Å². The van der Waals surface area contributed by atoms with E-state index in [0.29, 0.717) is 17.2 Å². The van der Waals surface area contributed by atoms with Crippen molar-refractivity contribution >= 4 is 23.5 Å². The van der Waals surface area contributed by atoms with Crippen molar-refractivity contribution < 1.29 is 41.4 Å². The van der Waals surface area contributed by atoms with Crippen molar-refractivity contribution in [2.75, 3.05) is 31.0 Å². The van der Waals surface area contributed by atoms with Crippen molar-refractivity contribution in [2.45, 2.75) is 18.7 Å². The number of carbonyl (C=O) groups is 2. The molecule has 2 heterocycles. The second kappa shape index (κ2) is 9.52. The van der Waals surface area contributed by atoms with E-state index in [1.807, 2.05) is 0 Å². The second-order valence-electron chi connectivity index (χ2n) is 7.45. The Morgan fingerprint density at radius 2 is 1.71 bits per heavy atom. The smallest absolute Gasteiger partial charge is 0.497 e. The van der Waals surface area contributed by atoms with Crippen LogP contribution in [0.2, 0.25) is 0 Å². The molecule has 3 aromatic rings. The lowest BCUT2D eigenvalue weighted by Crippen LogP contribution is -2.24. The number of alkyl halides is 3. The lowest BCUT2D eigenvalue weighted by molar-refractivity contribution is -0.274. The molecule has 1 aliphatic rings. The number of rotatable bonds is 7. The van der Waals surface area contributed by atoms with Gasteiger partial charge in [0.1, 0.15) is 17.2 Å². The van der Waals surface area contributed by atoms with Gasteiger partial charge < -0.3 is 23.5 Å². The van der Waals surface area contributed by atoms with Crippen LogP contribution in [-0.2, 0) is 4.79 Å². The van der Waals surface area contributed by atoms with Gasteiger partial charge in [0, 0.05) is 30.3 Å². The lowest BCUT2D eigenvalue weighted by Gasteiger charge is -2.17. The highest BCUT2D eigenvalue weighted by Crippen LogP contribution is 2.33. The van der Waals surface area contributed by atoms with Gasteiger partial charge in [0.25, 0.3) is 5.91 Å². The molecule has 1 aromatic heterocycles. The van der Waals surface area contributed by atoms with Crippen LogP contribution >= 0.6 is 0 Å². The van der Waals surface area contributed by atoms with Crippen molar-refractivity contribution in [3.05, 3.63) is 53.9 Å². The van der Waals surface area contributed by atoms with Crippen molar-refractivity contribution in [1.82, 2.24) is 10.2 Å². The van der Waals surface area contributed by atoms with E-state index in [1.165, 1.54) is 43.4 Å². The summed E-state index contributed by atoms with van der Waals surface area (Å²) in [5.41, 5.74) is 0.633. The molecule has 35 heavy (non-hydrogen) atoms. The summed E-state index contributed by atoms with van der Waals surface area (Å²) >= 11 is 0. The molecule has 1 saturated heterocycles. The summed E-state index contributed by atoms with van der Waals surface area (Å²) in [6, 6.07) is 9.41. The predicted octanol–water partition coefficient (Wildman–Crippen LogP) is 3.76.